The first-order valence-electron chi connectivity index (χ1n) is 11.1. The van der Waals surface area contributed by atoms with Crippen molar-refractivity contribution in [2.24, 2.45) is 14.1 Å². The second-order valence-electron chi connectivity index (χ2n) is 8.62. The van der Waals surface area contributed by atoms with Crippen molar-refractivity contribution in [2.45, 2.75) is 25.0 Å². The van der Waals surface area contributed by atoms with E-state index in [4.69, 9.17) is 4.74 Å². The molecule has 1 amide bonds. The van der Waals surface area contributed by atoms with Gasteiger partial charge in [0.2, 0.25) is 0 Å². The van der Waals surface area contributed by atoms with Crippen molar-refractivity contribution in [1.82, 2.24) is 24.6 Å². The van der Waals surface area contributed by atoms with Crippen molar-refractivity contribution in [2.75, 3.05) is 13.2 Å². The number of ether oxygens (including phenoxy) is 1. The van der Waals surface area contributed by atoms with Crippen LogP contribution in [0.15, 0.2) is 55.0 Å². The van der Waals surface area contributed by atoms with E-state index < -0.39 is 6.10 Å². The van der Waals surface area contributed by atoms with Gasteiger partial charge >= 0.3 is 0 Å². The second-order valence-corrected chi connectivity index (χ2v) is 8.62. The molecule has 4 heterocycles. The summed E-state index contributed by atoms with van der Waals surface area (Å²) in [6, 6.07) is 12.0. The third kappa shape index (κ3) is 4.40. The van der Waals surface area contributed by atoms with Crippen LogP contribution in [-0.4, -0.2) is 55.7 Å². The molecule has 0 unspecified atom stereocenters. The molecule has 3 aromatic heterocycles. The van der Waals surface area contributed by atoms with Crippen LogP contribution in [0.5, 0.6) is 0 Å². The van der Waals surface area contributed by atoms with Crippen molar-refractivity contribution in [3.8, 4) is 11.1 Å². The molecule has 0 aliphatic carbocycles. The molecule has 1 saturated heterocycles. The second kappa shape index (κ2) is 8.80. The molecule has 0 spiro atoms. The first kappa shape index (κ1) is 21.4. The maximum absolute atomic E-state index is 13.0. The molecule has 2 atom stereocenters. The number of carbonyl (C=O) groups is 1. The average Bonchev–Trinajstić information content (AvgIpc) is 3.42. The molecule has 33 heavy (non-hydrogen) atoms. The summed E-state index contributed by atoms with van der Waals surface area (Å²) in [7, 11) is 3.83. The number of benzene rings is 1. The molecule has 8 nitrogen and oxygen atoms in total. The van der Waals surface area contributed by atoms with Gasteiger partial charge in [0.15, 0.2) is 0 Å². The molecular formula is C25H27N5O3. The number of pyridine rings is 1. The fourth-order valence-electron chi connectivity index (χ4n) is 4.30. The predicted octanol–water partition coefficient (Wildman–Crippen LogP) is 2.44. The fourth-order valence-corrected chi connectivity index (χ4v) is 4.30. The van der Waals surface area contributed by atoms with Crippen molar-refractivity contribution < 1.29 is 14.6 Å². The van der Waals surface area contributed by atoms with Gasteiger partial charge in [-0.15, -0.1) is 0 Å². The number of fused-ring (bicyclic) bond motifs is 1. The van der Waals surface area contributed by atoms with Crippen LogP contribution in [0.4, 0.5) is 0 Å². The summed E-state index contributed by atoms with van der Waals surface area (Å²) in [5.74, 6) is -0.280. The van der Waals surface area contributed by atoms with Gasteiger partial charge in [-0.05, 0) is 41.7 Å². The van der Waals surface area contributed by atoms with Crippen molar-refractivity contribution in [3.63, 3.8) is 0 Å². The highest BCUT2D eigenvalue weighted by atomic mass is 16.5. The lowest BCUT2D eigenvalue weighted by Crippen LogP contribution is -2.48. The summed E-state index contributed by atoms with van der Waals surface area (Å²) in [4.78, 5) is 17.6. The van der Waals surface area contributed by atoms with Crippen LogP contribution in [0.3, 0.4) is 0 Å². The molecule has 1 aliphatic rings. The molecule has 5 rings (SSSR count). The maximum atomic E-state index is 13.0. The minimum Gasteiger partial charge on any atom is -0.389 e. The van der Waals surface area contributed by atoms with Crippen LogP contribution in [0.25, 0.3) is 22.2 Å². The van der Waals surface area contributed by atoms with E-state index in [0.717, 1.165) is 33.3 Å². The molecule has 8 heteroatoms. The zero-order valence-corrected chi connectivity index (χ0v) is 18.7. The smallest absolute Gasteiger partial charge is 0.270 e. The number of aromatic nitrogens is 4. The Bertz CT molecular complexity index is 1290. The number of aliphatic hydroxyl groups is 1. The molecule has 2 N–H and O–H groups in total. The van der Waals surface area contributed by atoms with Gasteiger partial charge in [-0.1, -0.05) is 24.3 Å². The first-order valence-corrected chi connectivity index (χ1v) is 11.1. The SMILES string of the molecule is Cn1cc(-c2ccc(Cc3cc(C(=O)N[C@@H]4CCOC[C@H]4O)nc4c3ccn4C)cc2)cn1. The number of aryl methyl sites for hydroxylation is 2. The van der Waals surface area contributed by atoms with E-state index in [0.29, 0.717) is 25.1 Å². The lowest BCUT2D eigenvalue weighted by Gasteiger charge is -2.28. The Morgan fingerprint density at radius 1 is 1.21 bits per heavy atom. The Morgan fingerprint density at radius 2 is 2.03 bits per heavy atom. The number of hydrogen-bond acceptors (Lipinski definition) is 5. The van der Waals surface area contributed by atoms with Gasteiger partial charge in [-0.3, -0.25) is 9.48 Å². The zero-order valence-electron chi connectivity index (χ0n) is 18.7. The summed E-state index contributed by atoms with van der Waals surface area (Å²) in [6.45, 7) is 0.752. The van der Waals surface area contributed by atoms with Crippen molar-refractivity contribution >= 4 is 16.9 Å². The van der Waals surface area contributed by atoms with E-state index in [1.807, 2.05) is 49.4 Å². The highest BCUT2D eigenvalue weighted by Gasteiger charge is 2.26. The molecule has 4 aromatic rings. The highest BCUT2D eigenvalue weighted by molar-refractivity contribution is 5.95. The summed E-state index contributed by atoms with van der Waals surface area (Å²) in [5.41, 5.74) is 5.48. The topological polar surface area (TPSA) is 94.2 Å². The zero-order chi connectivity index (χ0) is 22.9. The van der Waals surface area contributed by atoms with Crippen LogP contribution < -0.4 is 5.32 Å². The lowest BCUT2D eigenvalue weighted by molar-refractivity contribution is -0.0261. The Balaban J connectivity index is 1.42. The summed E-state index contributed by atoms with van der Waals surface area (Å²) in [6.07, 6.45) is 6.35. The molecule has 1 aliphatic heterocycles. The van der Waals surface area contributed by atoms with Gasteiger partial charge in [0.25, 0.3) is 5.91 Å². The Hall–Kier alpha value is -3.49. The number of nitrogens with one attached hydrogen (secondary N) is 1. The van der Waals surface area contributed by atoms with Crippen LogP contribution >= 0.6 is 0 Å². The molecule has 1 aromatic carbocycles. The van der Waals surface area contributed by atoms with E-state index in [1.54, 1.807) is 4.68 Å². The molecular weight excluding hydrogens is 418 g/mol. The number of rotatable bonds is 5. The van der Waals surface area contributed by atoms with Crippen molar-refractivity contribution in [3.05, 3.63) is 71.8 Å². The average molecular weight is 446 g/mol. The summed E-state index contributed by atoms with van der Waals surface area (Å²) < 4.78 is 8.97. The lowest BCUT2D eigenvalue weighted by atomic mass is 9.99. The largest absolute Gasteiger partial charge is 0.389 e. The number of aliphatic hydroxyl groups excluding tert-OH is 1. The minimum atomic E-state index is -0.709. The van der Waals surface area contributed by atoms with Gasteiger partial charge in [0, 0.05) is 44.0 Å². The Kier molecular flexibility index (Phi) is 5.70. The number of nitrogens with zero attached hydrogens (tertiary/aromatic N) is 4. The molecule has 0 radical (unpaired) electrons. The minimum absolute atomic E-state index is 0.232. The fraction of sp³-hybridized carbons (Fsp3) is 0.320. The van der Waals surface area contributed by atoms with E-state index in [9.17, 15) is 9.90 Å². The monoisotopic (exact) mass is 445 g/mol. The third-order valence-electron chi connectivity index (χ3n) is 6.19. The summed E-state index contributed by atoms with van der Waals surface area (Å²) in [5, 5.41) is 18.3. The van der Waals surface area contributed by atoms with E-state index in [1.165, 1.54) is 0 Å². The first-order chi connectivity index (χ1) is 16.0. The van der Waals surface area contributed by atoms with E-state index in [-0.39, 0.29) is 18.6 Å². The van der Waals surface area contributed by atoms with Crippen LogP contribution in [-0.2, 0) is 25.3 Å². The van der Waals surface area contributed by atoms with Crippen LogP contribution in [0.1, 0.15) is 28.0 Å². The molecule has 1 fully saturated rings. The molecule has 0 saturated carbocycles. The summed E-state index contributed by atoms with van der Waals surface area (Å²) >= 11 is 0. The van der Waals surface area contributed by atoms with E-state index >= 15 is 0 Å². The molecule has 170 valence electrons. The van der Waals surface area contributed by atoms with E-state index in [2.05, 4.69) is 39.7 Å². The Labute approximate surface area is 191 Å². The number of amides is 1. The van der Waals surface area contributed by atoms with Gasteiger partial charge in [-0.2, -0.15) is 5.10 Å². The van der Waals surface area contributed by atoms with Gasteiger partial charge in [-0.25, -0.2) is 4.98 Å². The predicted molar refractivity (Wildman–Crippen MR) is 125 cm³/mol. The molecule has 0 bridgehead atoms. The normalized spacial score (nSPS) is 18.5. The number of carbonyl (C=O) groups excluding carboxylic acids is 1. The quantitative estimate of drug-likeness (QED) is 0.492. The van der Waals surface area contributed by atoms with Gasteiger partial charge < -0.3 is 19.7 Å². The standard InChI is InChI=1S/C25H27N5O3/c1-29-9-7-20-18(11-16-3-5-17(6-4-16)19-13-26-30(2)14-19)12-22(27-24(20)29)25(32)28-21-8-10-33-15-23(21)31/h3-7,9,12-14,21,23,31H,8,10-11,15H2,1-2H3,(H,28,32)/t21-,23-/m1/s1. The van der Waals surface area contributed by atoms with Crippen LogP contribution in [0.2, 0.25) is 0 Å². The van der Waals surface area contributed by atoms with Crippen LogP contribution in [0, 0.1) is 0 Å². The number of hydrogen-bond donors (Lipinski definition) is 2. The highest BCUT2D eigenvalue weighted by Crippen LogP contribution is 2.24. The van der Waals surface area contributed by atoms with Gasteiger partial charge in [0.1, 0.15) is 11.3 Å². The van der Waals surface area contributed by atoms with Crippen molar-refractivity contribution in [1.29, 1.82) is 0 Å². The third-order valence-corrected chi connectivity index (χ3v) is 6.19. The Morgan fingerprint density at radius 3 is 2.76 bits per heavy atom. The maximum Gasteiger partial charge on any atom is 0.270 e. The van der Waals surface area contributed by atoms with Gasteiger partial charge in [0.05, 0.1) is 24.9 Å².